The van der Waals surface area contributed by atoms with Crippen LogP contribution >= 0.6 is 11.6 Å². The number of aromatic nitrogens is 4. The Morgan fingerprint density at radius 1 is 1.17 bits per heavy atom. The quantitative estimate of drug-likeness (QED) is 0.677. The molecule has 0 spiro atoms. The van der Waals surface area contributed by atoms with Crippen molar-refractivity contribution in [2.45, 2.75) is 6.92 Å². The number of rotatable bonds is 1. The normalized spacial score (nSPS) is 11.1. The molecule has 2 aromatic heterocycles. The van der Waals surface area contributed by atoms with Crippen molar-refractivity contribution in [3.8, 4) is 11.4 Å². The standard InChI is InChI=1S/C12H8ClFN4/c1-7-2-3-8(9(14)6-7)12-16-15-11-5-4-10(13)17-18(11)12/h2-6H,1H3. The highest BCUT2D eigenvalue weighted by molar-refractivity contribution is 6.29. The molecule has 0 radical (unpaired) electrons. The number of hydrogen-bond acceptors (Lipinski definition) is 3. The third kappa shape index (κ3) is 1.73. The Labute approximate surface area is 107 Å². The van der Waals surface area contributed by atoms with Crippen molar-refractivity contribution in [3.63, 3.8) is 0 Å². The molecule has 2 heterocycles. The minimum Gasteiger partial charge on any atom is -0.206 e. The van der Waals surface area contributed by atoms with Gasteiger partial charge in [0.1, 0.15) is 11.0 Å². The van der Waals surface area contributed by atoms with Crippen LogP contribution in [0.15, 0.2) is 30.3 Å². The molecule has 0 N–H and O–H groups in total. The summed E-state index contributed by atoms with van der Waals surface area (Å²) in [5.41, 5.74) is 1.72. The summed E-state index contributed by atoms with van der Waals surface area (Å²) in [6.07, 6.45) is 0. The van der Waals surface area contributed by atoms with E-state index in [-0.39, 0.29) is 5.82 Å². The summed E-state index contributed by atoms with van der Waals surface area (Å²) >= 11 is 5.82. The van der Waals surface area contributed by atoms with Crippen molar-refractivity contribution in [1.82, 2.24) is 19.8 Å². The lowest BCUT2D eigenvalue weighted by atomic mass is 10.1. The molecular formula is C12H8ClFN4. The fraction of sp³-hybridized carbons (Fsp3) is 0.0833. The molecule has 0 amide bonds. The lowest BCUT2D eigenvalue weighted by Gasteiger charge is -2.02. The number of nitrogens with zero attached hydrogens (tertiary/aromatic N) is 4. The van der Waals surface area contributed by atoms with Gasteiger partial charge in [-0.15, -0.1) is 10.2 Å². The van der Waals surface area contributed by atoms with Gasteiger partial charge in [0.05, 0.1) is 5.56 Å². The maximum atomic E-state index is 13.9. The van der Waals surface area contributed by atoms with Gasteiger partial charge in [-0.3, -0.25) is 0 Å². The average molecular weight is 263 g/mol. The molecular weight excluding hydrogens is 255 g/mol. The fourth-order valence-corrected chi connectivity index (χ4v) is 1.87. The number of halogens is 2. The molecule has 0 bridgehead atoms. The van der Waals surface area contributed by atoms with E-state index in [4.69, 9.17) is 11.6 Å². The lowest BCUT2D eigenvalue weighted by Crippen LogP contribution is -1.97. The fourth-order valence-electron chi connectivity index (χ4n) is 1.74. The van der Waals surface area contributed by atoms with Gasteiger partial charge in [0.15, 0.2) is 11.5 Å². The van der Waals surface area contributed by atoms with Gasteiger partial charge in [0.25, 0.3) is 0 Å². The Balaban J connectivity index is 2.28. The lowest BCUT2D eigenvalue weighted by molar-refractivity contribution is 0.628. The third-order valence-corrected chi connectivity index (χ3v) is 2.80. The Kier molecular flexibility index (Phi) is 2.48. The summed E-state index contributed by atoms with van der Waals surface area (Å²) in [4.78, 5) is 0. The van der Waals surface area contributed by atoms with Gasteiger partial charge in [-0.25, -0.2) is 4.39 Å². The molecule has 6 heteroatoms. The van der Waals surface area contributed by atoms with E-state index in [9.17, 15) is 4.39 Å². The third-order valence-electron chi connectivity index (χ3n) is 2.60. The van der Waals surface area contributed by atoms with E-state index >= 15 is 0 Å². The van der Waals surface area contributed by atoms with Gasteiger partial charge < -0.3 is 0 Å². The SMILES string of the molecule is Cc1ccc(-c2nnc3ccc(Cl)nn23)c(F)c1. The van der Waals surface area contributed by atoms with Gasteiger partial charge in [-0.05, 0) is 36.8 Å². The number of aryl methyl sites for hydroxylation is 1. The molecule has 0 atom stereocenters. The summed E-state index contributed by atoms with van der Waals surface area (Å²) in [6, 6.07) is 8.20. The average Bonchev–Trinajstić information content (AvgIpc) is 2.72. The minimum absolute atomic E-state index is 0.302. The predicted octanol–water partition coefficient (Wildman–Crippen LogP) is 2.89. The van der Waals surface area contributed by atoms with Crippen LogP contribution in [-0.2, 0) is 0 Å². The predicted molar refractivity (Wildman–Crippen MR) is 65.9 cm³/mol. The smallest absolute Gasteiger partial charge is 0.188 e. The summed E-state index contributed by atoms with van der Waals surface area (Å²) < 4.78 is 15.3. The van der Waals surface area contributed by atoms with Crippen molar-refractivity contribution in [3.05, 3.63) is 46.9 Å². The van der Waals surface area contributed by atoms with E-state index in [1.807, 2.05) is 13.0 Å². The first-order chi connectivity index (χ1) is 8.65. The van der Waals surface area contributed by atoms with Gasteiger partial charge >= 0.3 is 0 Å². The zero-order chi connectivity index (χ0) is 12.7. The van der Waals surface area contributed by atoms with Crippen molar-refractivity contribution in [2.75, 3.05) is 0 Å². The summed E-state index contributed by atoms with van der Waals surface area (Å²) in [7, 11) is 0. The first-order valence-corrected chi connectivity index (χ1v) is 5.67. The Morgan fingerprint density at radius 3 is 2.78 bits per heavy atom. The first-order valence-electron chi connectivity index (χ1n) is 5.29. The van der Waals surface area contributed by atoms with Crippen molar-refractivity contribution in [2.24, 2.45) is 0 Å². The molecule has 0 unspecified atom stereocenters. The van der Waals surface area contributed by atoms with Crippen LogP contribution in [-0.4, -0.2) is 19.8 Å². The highest BCUT2D eigenvalue weighted by atomic mass is 35.5. The zero-order valence-corrected chi connectivity index (χ0v) is 10.2. The van der Waals surface area contributed by atoms with Crippen molar-refractivity contribution in [1.29, 1.82) is 0 Å². The van der Waals surface area contributed by atoms with Gasteiger partial charge in [-0.1, -0.05) is 17.7 Å². The maximum Gasteiger partial charge on any atom is 0.188 e. The van der Waals surface area contributed by atoms with Crippen LogP contribution in [0, 0.1) is 12.7 Å². The number of benzene rings is 1. The van der Waals surface area contributed by atoms with Gasteiger partial charge in [0.2, 0.25) is 0 Å². The second kappa shape index (κ2) is 4.03. The molecule has 18 heavy (non-hydrogen) atoms. The molecule has 90 valence electrons. The van der Waals surface area contributed by atoms with E-state index in [1.165, 1.54) is 10.6 Å². The molecule has 3 rings (SSSR count). The molecule has 4 nitrogen and oxygen atoms in total. The molecule has 0 aliphatic carbocycles. The second-order valence-corrected chi connectivity index (χ2v) is 4.32. The van der Waals surface area contributed by atoms with Crippen LogP contribution < -0.4 is 0 Å². The Hall–Kier alpha value is -2.01. The van der Waals surface area contributed by atoms with Crippen molar-refractivity contribution >= 4 is 17.2 Å². The molecule has 0 saturated heterocycles. The molecule has 0 aliphatic heterocycles. The van der Waals surface area contributed by atoms with Gasteiger partial charge in [-0.2, -0.15) is 9.61 Å². The topological polar surface area (TPSA) is 43.1 Å². The maximum absolute atomic E-state index is 13.9. The van der Waals surface area contributed by atoms with E-state index in [2.05, 4.69) is 15.3 Å². The molecule has 0 fully saturated rings. The van der Waals surface area contributed by atoms with Crippen LogP contribution in [0.25, 0.3) is 17.0 Å². The summed E-state index contributed by atoms with van der Waals surface area (Å²) in [5.74, 6) is -0.0175. The molecule has 0 saturated carbocycles. The highest BCUT2D eigenvalue weighted by Gasteiger charge is 2.13. The zero-order valence-electron chi connectivity index (χ0n) is 9.43. The molecule has 3 aromatic rings. The van der Waals surface area contributed by atoms with Crippen LogP contribution in [0.2, 0.25) is 5.15 Å². The Bertz CT molecular complexity index is 738. The van der Waals surface area contributed by atoms with E-state index in [0.29, 0.717) is 22.2 Å². The van der Waals surface area contributed by atoms with E-state index in [1.54, 1.807) is 18.2 Å². The number of fused-ring (bicyclic) bond motifs is 1. The highest BCUT2D eigenvalue weighted by Crippen LogP contribution is 2.22. The Morgan fingerprint density at radius 2 is 2.00 bits per heavy atom. The molecule has 0 aliphatic rings. The largest absolute Gasteiger partial charge is 0.206 e. The van der Waals surface area contributed by atoms with E-state index < -0.39 is 0 Å². The second-order valence-electron chi connectivity index (χ2n) is 3.93. The summed E-state index contributed by atoms with van der Waals surface area (Å²) in [5, 5.41) is 12.2. The van der Waals surface area contributed by atoms with Crippen LogP contribution in [0.5, 0.6) is 0 Å². The molecule has 1 aromatic carbocycles. The van der Waals surface area contributed by atoms with Gasteiger partial charge in [0, 0.05) is 0 Å². The van der Waals surface area contributed by atoms with Crippen LogP contribution in [0.4, 0.5) is 4.39 Å². The summed E-state index contributed by atoms with van der Waals surface area (Å²) in [6.45, 7) is 1.82. The first kappa shape index (κ1) is 11.1. The number of hydrogen-bond donors (Lipinski definition) is 0. The minimum atomic E-state index is -0.355. The van der Waals surface area contributed by atoms with Crippen molar-refractivity contribution < 1.29 is 4.39 Å². The monoisotopic (exact) mass is 262 g/mol. The van der Waals surface area contributed by atoms with Crippen LogP contribution in [0.3, 0.4) is 0 Å². The van der Waals surface area contributed by atoms with Crippen LogP contribution in [0.1, 0.15) is 5.56 Å². The van der Waals surface area contributed by atoms with E-state index in [0.717, 1.165) is 5.56 Å².